The summed E-state index contributed by atoms with van der Waals surface area (Å²) in [5.41, 5.74) is 1.04. The molecule has 0 aromatic heterocycles. The number of carbonyl (C=O) groups excluding carboxylic acids is 1. The molecular formula is C12H14F4N2O. The van der Waals surface area contributed by atoms with E-state index in [2.05, 4.69) is 5.32 Å². The van der Waals surface area contributed by atoms with Gasteiger partial charge in [-0.15, -0.1) is 0 Å². The van der Waals surface area contributed by atoms with Gasteiger partial charge in [-0.25, -0.2) is 4.39 Å². The van der Waals surface area contributed by atoms with Crippen molar-refractivity contribution < 1.29 is 22.4 Å². The summed E-state index contributed by atoms with van der Waals surface area (Å²) in [6, 6.07) is 4.49. The molecule has 0 bridgehead atoms. The fraction of sp³-hybridized carbons (Fsp3) is 0.417. The van der Waals surface area contributed by atoms with Crippen molar-refractivity contribution in [2.24, 2.45) is 0 Å². The van der Waals surface area contributed by atoms with Gasteiger partial charge >= 0.3 is 6.18 Å². The first-order valence-electron chi connectivity index (χ1n) is 5.57. The zero-order valence-electron chi connectivity index (χ0n) is 10.3. The summed E-state index contributed by atoms with van der Waals surface area (Å²) < 4.78 is 48.6. The molecule has 3 nitrogen and oxygen atoms in total. The van der Waals surface area contributed by atoms with Gasteiger partial charge in [0.2, 0.25) is 5.91 Å². The molecule has 0 saturated heterocycles. The number of amides is 1. The van der Waals surface area contributed by atoms with E-state index in [1.807, 2.05) is 5.32 Å². The lowest BCUT2D eigenvalue weighted by Crippen LogP contribution is -2.38. The Balaban J connectivity index is 2.32. The number of carbonyl (C=O) groups is 1. The molecule has 0 saturated carbocycles. The van der Waals surface area contributed by atoms with E-state index in [1.54, 1.807) is 19.1 Å². The normalized spacial score (nSPS) is 11.4. The van der Waals surface area contributed by atoms with Gasteiger partial charge in [0.1, 0.15) is 5.82 Å². The molecule has 1 aromatic carbocycles. The smallest absolute Gasteiger partial charge is 0.351 e. The predicted molar refractivity (Wildman–Crippen MR) is 61.9 cm³/mol. The molecule has 0 unspecified atom stereocenters. The monoisotopic (exact) mass is 278 g/mol. The van der Waals surface area contributed by atoms with E-state index in [9.17, 15) is 22.4 Å². The number of alkyl halides is 3. The largest absolute Gasteiger partial charge is 0.401 e. The Kier molecular flexibility index (Phi) is 5.29. The second-order valence-electron chi connectivity index (χ2n) is 4.08. The van der Waals surface area contributed by atoms with Gasteiger partial charge in [0.15, 0.2) is 0 Å². The lowest BCUT2D eigenvalue weighted by atomic mass is 10.1. The van der Waals surface area contributed by atoms with Crippen LogP contribution in [0.5, 0.6) is 0 Å². The van der Waals surface area contributed by atoms with Crippen LogP contribution in [-0.4, -0.2) is 25.2 Å². The maximum Gasteiger partial charge on any atom is 0.401 e. The van der Waals surface area contributed by atoms with Crippen LogP contribution in [-0.2, 0) is 11.3 Å². The maximum atomic E-state index is 13.2. The van der Waals surface area contributed by atoms with Gasteiger partial charge in [0, 0.05) is 6.54 Å². The van der Waals surface area contributed by atoms with Gasteiger partial charge in [0.25, 0.3) is 0 Å². The molecule has 1 amide bonds. The van der Waals surface area contributed by atoms with Crippen molar-refractivity contribution in [1.82, 2.24) is 10.6 Å². The summed E-state index contributed by atoms with van der Waals surface area (Å²) in [5.74, 6) is -0.966. The van der Waals surface area contributed by atoms with Crippen molar-refractivity contribution in [3.05, 3.63) is 35.1 Å². The fourth-order valence-electron chi connectivity index (χ4n) is 1.33. The minimum atomic E-state index is -4.35. The molecule has 2 N–H and O–H groups in total. The molecule has 0 aliphatic heterocycles. The van der Waals surface area contributed by atoms with E-state index in [-0.39, 0.29) is 12.4 Å². The van der Waals surface area contributed by atoms with Crippen LogP contribution >= 0.6 is 0 Å². The SMILES string of the molecule is Cc1ccc(CNC(=O)CNCC(F)(F)F)cc1F. The number of hydrogen-bond donors (Lipinski definition) is 2. The summed E-state index contributed by atoms with van der Waals surface area (Å²) >= 11 is 0. The van der Waals surface area contributed by atoms with Crippen LogP contribution in [0.15, 0.2) is 18.2 Å². The molecular weight excluding hydrogens is 264 g/mol. The number of aryl methyl sites for hydroxylation is 1. The molecule has 19 heavy (non-hydrogen) atoms. The molecule has 0 heterocycles. The van der Waals surface area contributed by atoms with Crippen molar-refractivity contribution in [2.75, 3.05) is 13.1 Å². The third kappa shape index (κ3) is 6.19. The Morgan fingerprint density at radius 2 is 2.00 bits per heavy atom. The lowest BCUT2D eigenvalue weighted by Gasteiger charge is -2.09. The van der Waals surface area contributed by atoms with E-state index >= 15 is 0 Å². The van der Waals surface area contributed by atoms with Gasteiger partial charge in [0.05, 0.1) is 13.1 Å². The molecule has 0 radical (unpaired) electrons. The molecule has 0 spiro atoms. The highest BCUT2D eigenvalue weighted by molar-refractivity contribution is 5.77. The molecule has 0 aliphatic rings. The van der Waals surface area contributed by atoms with Crippen LogP contribution in [0.2, 0.25) is 0 Å². The topological polar surface area (TPSA) is 41.1 Å². The third-order valence-electron chi connectivity index (χ3n) is 2.34. The number of rotatable bonds is 5. The quantitative estimate of drug-likeness (QED) is 0.808. The van der Waals surface area contributed by atoms with Crippen molar-refractivity contribution in [2.45, 2.75) is 19.6 Å². The second-order valence-corrected chi connectivity index (χ2v) is 4.08. The molecule has 106 valence electrons. The minimum absolute atomic E-state index is 0.0731. The summed E-state index contributed by atoms with van der Waals surface area (Å²) in [5, 5.41) is 4.37. The van der Waals surface area contributed by atoms with Crippen LogP contribution in [0.25, 0.3) is 0 Å². The van der Waals surface area contributed by atoms with Gasteiger partial charge in [-0.05, 0) is 24.1 Å². The maximum absolute atomic E-state index is 13.2. The predicted octanol–water partition coefficient (Wildman–Crippen LogP) is 1.90. The average Bonchev–Trinajstić information content (AvgIpc) is 2.29. The molecule has 7 heteroatoms. The summed E-state index contributed by atoms with van der Waals surface area (Å²) in [7, 11) is 0. The van der Waals surface area contributed by atoms with Crippen molar-refractivity contribution in [3.63, 3.8) is 0 Å². The number of hydrogen-bond acceptors (Lipinski definition) is 2. The van der Waals surface area contributed by atoms with E-state index in [4.69, 9.17) is 0 Å². The van der Waals surface area contributed by atoms with E-state index < -0.39 is 25.2 Å². The van der Waals surface area contributed by atoms with Crippen molar-refractivity contribution in [1.29, 1.82) is 0 Å². The highest BCUT2D eigenvalue weighted by Gasteiger charge is 2.26. The third-order valence-corrected chi connectivity index (χ3v) is 2.34. The summed E-state index contributed by atoms with van der Waals surface area (Å²) in [6.45, 7) is 0.0237. The molecule has 0 fully saturated rings. The highest BCUT2D eigenvalue weighted by atomic mass is 19.4. The van der Waals surface area contributed by atoms with E-state index in [1.165, 1.54) is 6.07 Å². The summed E-state index contributed by atoms with van der Waals surface area (Å²) in [4.78, 5) is 11.2. The lowest BCUT2D eigenvalue weighted by molar-refractivity contribution is -0.128. The van der Waals surface area contributed by atoms with Crippen molar-refractivity contribution >= 4 is 5.91 Å². The zero-order valence-corrected chi connectivity index (χ0v) is 10.3. The first-order valence-corrected chi connectivity index (χ1v) is 5.57. The Morgan fingerprint density at radius 3 is 2.58 bits per heavy atom. The second kappa shape index (κ2) is 6.51. The first kappa shape index (κ1) is 15.4. The Labute approximate surface area is 108 Å². The average molecular weight is 278 g/mol. The van der Waals surface area contributed by atoms with E-state index in [0.29, 0.717) is 11.1 Å². The molecule has 0 atom stereocenters. The standard InChI is InChI=1S/C12H14F4N2O/c1-8-2-3-9(4-10(8)13)5-18-11(19)6-17-7-12(14,15)16/h2-4,17H,5-7H2,1H3,(H,18,19). The Hall–Kier alpha value is -1.63. The van der Waals surface area contributed by atoms with Gasteiger partial charge < -0.3 is 10.6 Å². The van der Waals surface area contributed by atoms with Crippen LogP contribution in [0.3, 0.4) is 0 Å². The van der Waals surface area contributed by atoms with Crippen LogP contribution in [0.4, 0.5) is 17.6 Å². The molecule has 1 aromatic rings. The number of halogens is 4. The minimum Gasteiger partial charge on any atom is -0.351 e. The van der Waals surface area contributed by atoms with E-state index in [0.717, 1.165) is 0 Å². The van der Waals surface area contributed by atoms with Gasteiger partial charge in [-0.1, -0.05) is 12.1 Å². The Morgan fingerprint density at radius 1 is 1.32 bits per heavy atom. The summed E-state index contributed by atoms with van der Waals surface area (Å²) in [6.07, 6.45) is -4.35. The van der Waals surface area contributed by atoms with Crippen molar-refractivity contribution in [3.8, 4) is 0 Å². The fourth-order valence-corrected chi connectivity index (χ4v) is 1.33. The van der Waals surface area contributed by atoms with Crippen LogP contribution in [0.1, 0.15) is 11.1 Å². The van der Waals surface area contributed by atoms with Gasteiger partial charge in [-0.3, -0.25) is 4.79 Å². The van der Waals surface area contributed by atoms with Gasteiger partial charge in [-0.2, -0.15) is 13.2 Å². The molecule has 1 rings (SSSR count). The van der Waals surface area contributed by atoms with Crippen LogP contribution in [0, 0.1) is 12.7 Å². The number of benzene rings is 1. The number of nitrogens with one attached hydrogen (secondary N) is 2. The van der Waals surface area contributed by atoms with Crippen LogP contribution < -0.4 is 10.6 Å². The zero-order chi connectivity index (χ0) is 14.5. The Bertz CT molecular complexity index is 446. The first-order chi connectivity index (χ1) is 8.78. The highest BCUT2D eigenvalue weighted by Crippen LogP contribution is 2.12. The molecule has 0 aliphatic carbocycles.